The van der Waals surface area contributed by atoms with Gasteiger partial charge in [0.1, 0.15) is 18.0 Å². The maximum atomic E-state index is 5.83. The molecule has 0 aliphatic carbocycles. The van der Waals surface area contributed by atoms with Crippen LogP contribution in [0.4, 0.5) is 0 Å². The normalized spacial score (nSPS) is 17.4. The summed E-state index contributed by atoms with van der Waals surface area (Å²) in [5, 5.41) is 8.14. The predicted molar refractivity (Wildman–Crippen MR) is 110 cm³/mol. The summed E-state index contributed by atoms with van der Waals surface area (Å²) < 4.78 is 11.3. The average Bonchev–Trinajstić information content (AvgIpc) is 2.64. The minimum absolute atomic E-state index is 0.275. The van der Waals surface area contributed by atoms with Crippen molar-refractivity contribution in [3.05, 3.63) is 51.6 Å². The van der Waals surface area contributed by atoms with Crippen LogP contribution in [0.25, 0.3) is 0 Å². The average molecular weight is 431 g/mol. The van der Waals surface area contributed by atoms with E-state index in [4.69, 9.17) is 44.3 Å². The SMILES string of the molecule is Clc1ccc(OC2CCNCC2)nc1.Clc1ccc(OC2CNC2)cc1Cl. The van der Waals surface area contributed by atoms with Crippen molar-refractivity contribution in [2.45, 2.75) is 25.0 Å². The Morgan fingerprint density at radius 3 is 2.22 bits per heavy atom. The number of halogens is 3. The van der Waals surface area contributed by atoms with Crippen molar-refractivity contribution in [2.24, 2.45) is 0 Å². The molecule has 0 amide bonds. The van der Waals surface area contributed by atoms with Gasteiger partial charge < -0.3 is 20.1 Å². The summed E-state index contributed by atoms with van der Waals surface area (Å²) >= 11 is 17.3. The quantitative estimate of drug-likeness (QED) is 0.761. The highest BCUT2D eigenvalue weighted by Crippen LogP contribution is 2.27. The lowest BCUT2D eigenvalue weighted by atomic mass is 10.1. The van der Waals surface area contributed by atoms with Gasteiger partial charge in [-0.3, -0.25) is 0 Å². The summed E-state index contributed by atoms with van der Waals surface area (Å²) in [6, 6.07) is 8.91. The number of nitrogens with one attached hydrogen (secondary N) is 2. The monoisotopic (exact) mass is 429 g/mol. The highest BCUT2D eigenvalue weighted by atomic mass is 35.5. The molecule has 0 saturated carbocycles. The van der Waals surface area contributed by atoms with Crippen molar-refractivity contribution in [3.63, 3.8) is 0 Å². The Balaban J connectivity index is 0.000000156. The molecule has 1 aromatic carbocycles. The number of hydrogen-bond acceptors (Lipinski definition) is 5. The van der Waals surface area contributed by atoms with Gasteiger partial charge in [0.05, 0.1) is 15.1 Å². The largest absolute Gasteiger partial charge is 0.488 e. The molecular weight excluding hydrogens is 409 g/mol. The number of ether oxygens (including phenoxy) is 2. The van der Waals surface area contributed by atoms with Crippen molar-refractivity contribution in [2.75, 3.05) is 26.2 Å². The van der Waals surface area contributed by atoms with Crippen LogP contribution in [0.1, 0.15) is 12.8 Å². The Bertz CT molecular complexity index is 721. The number of piperidine rings is 1. The van der Waals surface area contributed by atoms with Crippen molar-refractivity contribution in [1.29, 1.82) is 0 Å². The van der Waals surface area contributed by atoms with Crippen LogP contribution in [0, 0.1) is 0 Å². The Morgan fingerprint density at radius 1 is 0.852 bits per heavy atom. The van der Waals surface area contributed by atoms with Gasteiger partial charge in [-0.2, -0.15) is 0 Å². The highest BCUT2D eigenvalue weighted by molar-refractivity contribution is 6.42. The molecule has 2 aliphatic rings. The molecular formula is C19H22Cl3N3O2. The van der Waals surface area contributed by atoms with E-state index in [0.29, 0.717) is 27.1 Å². The summed E-state index contributed by atoms with van der Waals surface area (Å²) in [6.07, 6.45) is 4.27. The van der Waals surface area contributed by atoms with E-state index in [1.54, 1.807) is 24.4 Å². The Morgan fingerprint density at radius 2 is 1.63 bits per heavy atom. The standard InChI is InChI=1S/C10H13ClN2O.C9H9Cl2NO/c11-8-1-2-10(13-7-8)14-9-3-5-12-6-4-9;10-8-2-1-6(3-9(8)11)13-7-4-12-5-7/h1-2,7,9,12H,3-6H2;1-3,7,12H,4-5H2. The van der Waals surface area contributed by atoms with Crippen LogP contribution in [0.3, 0.4) is 0 Å². The van der Waals surface area contributed by atoms with Crippen LogP contribution in [0.2, 0.25) is 15.1 Å². The summed E-state index contributed by atoms with van der Waals surface area (Å²) in [5.74, 6) is 1.45. The minimum atomic E-state index is 0.275. The molecule has 27 heavy (non-hydrogen) atoms. The van der Waals surface area contributed by atoms with Gasteiger partial charge >= 0.3 is 0 Å². The molecule has 0 unspecified atom stereocenters. The molecule has 8 heteroatoms. The Kier molecular flexibility index (Phi) is 7.85. The molecule has 0 atom stereocenters. The second-order valence-electron chi connectivity index (χ2n) is 6.36. The molecule has 0 radical (unpaired) electrons. The molecule has 1 aromatic heterocycles. The van der Waals surface area contributed by atoms with Crippen LogP contribution >= 0.6 is 34.8 Å². The molecule has 2 aromatic rings. The van der Waals surface area contributed by atoms with Crippen LogP contribution in [0.5, 0.6) is 11.6 Å². The van der Waals surface area contributed by atoms with E-state index in [9.17, 15) is 0 Å². The summed E-state index contributed by atoms with van der Waals surface area (Å²) in [7, 11) is 0. The lowest BCUT2D eigenvalue weighted by Crippen LogP contribution is -2.50. The van der Waals surface area contributed by atoms with Crippen molar-refractivity contribution >= 4 is 34.8 Å². The van der Waals surface area contributed by atoms with E-state index in [1.165, 1.54) is 0 Å². The summed E-state index contributed by atoms with van der Waals surface area (Å²) in [6.45, 7) is 3.86. The number of aromatic nitrogens is 1. The third-order valence-corrected chi connectivity index (χ3v) is 5.17. The molecule has 0 bridgehead atoms. The van der Waals surface area contributed by atoms with E-state index in [2.05, 4.69) is 15.6 Å². The number of benzene rings is 1. The molecule has 0 spiro atoms. The number of pyridine rings is 1. The number of hydrogen-bond donors (Lipinski definition) is 2. The van der Waals surface area contributed by atoms with Gasteiger partial charge in [0, 0.05) is 31.4 Å². The van der Waals surface area contributed by atoms with Gasteiger partial charge in [0.2, 0.25) is 5.88 Å². The molecule has 2 fully saturated rings. The maximum absolute atomic E-state index is 5.83. The smallest absolute Gasteiger partial charge is 0.213 e. The van der Waals surface area contributed by atoms with Gasteiger partial charge in [0.15, 0.2) is 0 Å². The first kappa shape index (κ1) is 20.5. The second-order valence-corrected chi connectivity index (χ2v) is 7.61. The highest BCUT2D eigenvalue weighted by Gasteiger charge is 2.18. The van der Waals surface area contributed by atoms with Gasteiger partial charge in [-0.1, -0.05) is 34.8 Å². The van der Waals surface area contributed by atoms with E-state index >= 15 is 0 Å². The molecule has 2 aliphatic heterocycles. The zero-order chi connectivity index (χ0) is 19.1. The summed E-state index contributed by atoms with van der Waals surface area (Å²) in [5.41, 5.74) is 0. The first-order chi connectivity index (χ1) is 13.1. The maximum Gasteiger partial charge on any atom is 0.213 e. The predicted octanol–water partition coefficient (Wildman–Crippen LogP) is 4.21. The fraction of sp³-hybridized carbons (Fsp3) is 0.421. The topological polar surface area (TPSA) is 55.4 Å². The fourth-order valence-corrected chi connectivity index (χ4v) is 3.00. The first-order valence-electron chi connectivity index (χ1n) is 8.91. The van der Waals surface area contributed by atoms with Crippen molar-refractivity contribution in [1.82, 2.24) is 15.6 Å². The zero-order valence-corrected chi connectivity index (χ0v) is 17.0. The van der Waals surface area contributed by atoms with E-state index in [1.807, 2.05) is 12.1 Å². The van der Waals surface area contributed by atoms with Gasteiger partial charge in [-0.15, -0.1) is 0 Å². The number of nitrogens with zero attached hydrogens (tertiary/aromatic N) is 1. The molecule has 5 nitrogen and oxygen atoms in total. The molecule has 146 valence electrons. The first-order valence-corrected chi connectivity index (χ1v) is 10.0. The third kappa shape index (κ3) is 6.70. The lowest BCUT2D eigenvalue weighted by Gasteiger charge is -2.27. The van der Waals surface area contributed by atoms with Gasteiger partial charge in [-0.25, -0.2) is 4.98 Å². The third-order valence-electron chi connectivity index (χ3n) is 4.21. The van der Waals surface area contributed by atoms with Crippen LogP contribution in [0.15, 0.2) is 36.5 Å². The Labute approximate surface area is 174 Å². The van der Waals surface area contributed by atoms with E-state index in [0.717, 1.165) is 44.8 Å². The summed E-state index contributed by atoms with van der Waals surface area (Å²) in [4.78, 5) is 4.10. The van der Waals surface area contributed by atoms with Crippen LogP contribution in [-0.4, -0.2) is 43.4 Å². The minimum Gasteiger partial charge on any atom is -0.488 e. The van der Waals surface area contributed by atoms with Crippen LogP contribution in [-0.2, 0) is 0 Å². The van der Waals surface area contributed by atoms with E-state index < -0.39 is 0 Å². The fourth-order valence-electron chi connectivity index (χ4n) is 2.60. The molecule has 2 N–H and O–H groups in total. The Hall–Kier alpha value is -1.24. The van der Waals surface area contributed by atoms with Gasteiger partial charge in [0.25, 0.3) is 0 Å². The van der Waals surface area contributed by atoms with Crippen molar-refractivity contribution < 1.29 is 9.47 Å². The lowest BCUT2D eigenvalue weighted by molar-refractivity contribution is 0.142. The zero-order valence-electron chi connectivity index (χ0n) is 14.8. The van der Waals surface area contributed by atoms with Crippen molar-refractivity contribution in [3.8, 4) is 11.6 Å². The second kappa shape index (κ2) is 10.3. The molecule has 3 heterocycles. The van der Waals surface area contributed by atoms with E-state index in [-0.39, 0.29) is 6.10 Å². The van der Waals surface area contributed by atoms with Gasteiger partial charge in [-0.05, 0) is 44.1 Å². The van der Waals surface area contributed by atoms with Crippen LogP contribution < -0.4 is 20.1 Å². The number of rotatable bonds is 4. The molecule has 4 rings (SSSR count). The molecule has 2 saturated heterocycles.